The molecule has 0 saturated carbocycles. The van der Waals surface area contributed by atoms with Crippen molar-refractivity contribution in [1.29, 1.82) is 0 Å². The molecule has 30 heavy (non-hydrogen) atoms. The zero-order chi connectivity index (χ0) is 21.6. The number of rotatable bonds is 5. The van der Waals surface area contributed by atoms with Crippen LogP contribution in [-0.4, -0.2) is 59.0 Å². The Bertz CT molecular complexity index is 1110. The summed E-state index contributed by atoms with van der Waals surface area (Å²) in [5.41, 5.74) is -1.25. The van der Waals surface area contributed by atoms with E-state index in [9.17, 15) is 22.8 Å². The maximum absolute atomic E-state index is 13.1. The van der Waals surface area contributed by atoms with Crippen molar-refractivity contribution in [2.75, 3.05) is 26.7 Å². The molecule has 8 nitrogen and oxygen atoms in total. The summed E-state index contributed by atoms with van der Waals surface area (Å²) in [4.78, 5) is 33.2. The van der Waals surface area contributed by atoms with Crippen LogP contribution in [-0.2, 0) is 24.4 Å². The first-order chi connectivity index (χ1) is 14.2. The quantitative estimate of drug-likeness (QED) is 0.750. The molecule has 0 aromatic carbocycles. The van der Waals surface area contributed by atoms with Crippen LogP contribution >= 0.6 is 11.3 Å². The first kappa shape index (κ1) is 20.9. The molecule has 4 heterocycles. The van der Waals surface area contributed by atoms with Crippen molar-refractivity contribution in [3.8, 4) is 0 Å². The first-order valence-electron chi connectivity index (χ1n) is 9.59. The molecule has 2 aliphatic rings. The second-order valence-electron chi connectivity index (χ2n) is 7.41. The van der Waals surface area contributed by atoms with E-state index in [2.05, 4.69) is 10.3 Å². The van der Waals surface area contributed by atoms with E-state index in [1.54, 1.807) is 14.0 Å². The molecule has 2 aliphatic heterocycles. The van der Waals surface area contributed by atoms with Crippen molar-refractivity contribution in [3.05, 3.63) is 31.3 Å². The van der Waals surface area contributed by atoms with Crippen LogP contribution in [0.15, 0.2) is 14.6 Å². The first-order valence-corrected chi connectivity index (χ1v) is 10.4. The molecule has 4 rings (SSSR count). The zero-order valence-corrected chi connectivity index (χ0v) is 17.4. The molecule has 0 spiro atoms. The molecule has 1 N–H and O–H groups in total. The van der Waals surface area contributed by atoms with Crippen molar-refractivity contribution in [3.63, 3.8) is 0 Å². The third-order valence-electron chi connectivity index (χ3n) is 5.42. The predicted molar refractivity (Wildman–Crippen MR) is 107 cm³/mol. The molecule has 2 aromatic heterocycles. The Balaban J connectivity index is 1.86. The minimum atomic E-state index is -4.68. The Labute approximate surface area is 173 Å². The number of hydrogen-bond donors (Lipinski definition) is 1. The number of aromatic nitrogens is 2. The number of halogens is 3. The van der Waals surface area contributed by atoms with E-state index in [0.29, 0.717) is 28.1 Å². The normalized spacial score (nSPS) is 20.8. The molecule has 0 amide bonds. The van der Waals surface area contributed by atoms with Gasteiger partial charge >= 0.3 is 11.9 Å². The molecular formula is C18H22F3N5O3S. The summed E-state index contributed by atoms with van der Waals surface area (Å²) in [5.74, 6) is 0.724. The summed E-state index contributed by atoms with van der Waals surface area (Å²) < 4.78 is 46.2. The van der Waals surface area contributed by atoms with E-state index in [0.717, 1.165) is 30.3 Å². The smallest absolute Gasteiger partial charge is 0.376 e. The molecule has 2 saturated heterocycles. The van der Waals surface area contributed by atoms with Gasteiger partial charge in [0.15, 0.2) is 5.96 Å². The van der Waals surface area contributed by atoms with Crippen LogP contribution in [0.25, 0.3) is 10.2 Å². The molecule has 2 aromatic rings. The molecule has 0 radical (unpaired) electrons. The summed E-state index contributed by atoms with van der Waals surface area (Å²) >= 11 is 1.27. The van der Waals surface area contributed by atoms with Crippen molar-refractivity contribution < 1.29 is 17.9 Å². The third-order valence-corrected chi connectivity index (χ3v) is 6.72. The van der Waals surface area contributed by atoms with E-state index in [4.69, 9.17) is 4.74 Å². The second-order valence-corrected chi connectivity index (χ2v) is 8.49. The van der Waals surface area contributed by atoms with Gasteiger partial charge in [0, 0.05) is 31.6 Å². The standard InChI is InChI=1S/C18H22F3N5O3S/c1-10-12(8-24-5-4-23-16(24)22-2)30-15-13(10)14(27)26(9-18(19,20)21)17(28)25(15)7-11-3-6-29-11/h11H,3-9H2,1-2H3,(H,22,23). The minimum absolute atomic E-state index is 0.125. The van der Waals surface area contributed by atoms with E-state index in [1.807, 2.05) is 4.90 Å². The Morgan fingerprint density at radius 1 is 1.30 bits per heavy atom. The molecule has 1 atom stereocenters. The molecule has 0 aliphatic carbocycles. The number of nitrogens with one attached hydrogen (secondary N) is 1. The lowest BCUT2D eigenvalue weighted by molar-refractivity contribution is -0.142. The largest absolute Gasteiger partial charge is 0.406 e. The van der Waals surface area contributed by atoms with Crippen LogP contribution in [0.1, 0.15) is 16.9 Å². The van der Waals surface area contributed by atoms with Gasteiger partial charge in [-0.15, -0.1) is 11.3 Å². The summed E-state index contributed by atoms with van der Waals surface area (Å²) in [5, 5.41) is 3.32. The van der Waals surface area contributed by atoms with Gasteiger partial charge in [-0.1, -0.05) is 0 Å². The fraction of sp³-hybridized carbons (Fsp3) is 0.611. The highest BCUT2D eigenvalue weighted by molar-refractivity contribution is 7.18. The maximum Gasteiger partial charge on any atom is 0.406 e. The van der Waals surface area contributed by atoms with Gasteiger partial charge in [0.2, 0.25) is 0 Å². The van der Waals surface area contributed by atoms with Gasteiger partial charge in [0.25, 0.3) is 5.56 Å². The van der Waals surface area contributed by atoms with E-state index in [1.165, 1.54) is 15.9 Å². The molecule has 164 valence electrons. The van der Waals surface area contributed by atoms with Crippen molar-refractivity contribution in [1.82, 2.24) is 19.4 Å². The number of fused-ring (bicyclic) bond motifs is 1. The Hall–Kier alpha value is -2.34. The lowest BCUT2D eigenvalue weighted by Crippen LogP contribution is -2.45. The highest BCUT2D eigenvalue weighted by Crippen LogP contribution is 2.30. The number of aryl methyl sites for hydroxylation is 1. The van der Waals surface area contributed by atoms with E-state index in [-0.39, 0.29) is 18.0 Å². The van der Waals surface area contributed by atoms with Gasteiger partial charge < -0.3 is 15.0 Å². The predicted octanol–water partition coefficient (Wildman–Crippen LogP) is 1.28. The average molecular weight is 445 g/mol. The minimum Gasteiger partial charge on any atom is -0.376 e. The van der Waals surface area contributed by atoms with Gasteiger partial charge in [-0.05, 0) is 18.9 Å². The van der Waals surface area contributed by atoms with Gasteiger partial charge in [0.05, 0.1) is 24.6 Å². The topological polar surface area (TPSA) is 80.9 Å². The summed E-state index contributed by atoms with van der Waals surface area (Å²) in [7, 11) is 1.67. The maximum atomic E-state index is 13.1. The van der Waals surface area contributed by atoms with Crippen LogP contribution in [0.5, 0.6) is 0 Å². The van der Waals surface area contributed by atoms with Gasteiger partial charge in [0.1, 0.15) is 11.4 Å². The lowest BCUT2D eigenvalue weighted by atomic mass is 10.2. The van der Waals surface area contributed by atoms with Crippen LogP contribution in [0.3, 0.4) is 0 Å². The van der Waals surface area contributed by atoms with Crippen LogP contribution < -0.4 is 16.6 Å². The van der Waals surface area contributed by atoms with Crippen molar-refractivity contribution >= 4 is 27.5 Å². The van der Waals surface area contributed by atoms with Crippen LogP contribution in [0.4, 0.5) is 13.2 Å². The Morgan fingerprint density at radius 2 is 2.03 bits per heavy atom. The SMILES string of the molecule is C/N=C1\NCCN1Cc1sc2c(c1C)c(=O)n(CC(F)(F)F)c(=O)n2CC1CCO1. The Kier molecular flexibility index (Phi) is 5.39. The number of aliphatic imine (C=N–C) groups is 1. The third kappa shape index (κ3) is 3.73. The molecule has 0 bridgehead atoms. The highest BCUT2D eigenvalue weighted by Gasteiger charge is 2.32. The molecular weight excluding hydrogens is 423 g/mol. The average Bonchev–Trinajstić information content (AvgIpc) is 3.21. The molecule has 2 fully saturated rings. The number of nitrogens with zero attached hydrogens (tertiary/aromatic N) is 4. The summed E-state index contributed by atoms with van der Waals surface area (Å²) in [6, 6.07) is 0. The number of alkyl halides is 3. The van der Waals surface area contributed by atoms with Crippen molar-refractivity contribution in [2.24, 2.45) is 4.99 Å². The van der Waals surface area contributed by atoms with E-state index >= 15 is 0 Å². The highest BCUT2D eigenvalue weighted by atomic mass is 32.1. The number of guanidine groups is 1. The lowest BCUT2D eigenvalue weighted by Gasteiger charge is -2.27. The fourth-order valence-electron chi connectivity index (χ4n) is 3.77. The number of hydrogen-bond acceptors (Lipinski definition) is 5. The molecule has 1 unspecified atom stereocenters. The summed E-state index contributed by atoms with van der Waals surface area (Å²) in [6.45, 7) is 2.70. The van der Waals surface area contributed by atoms with Gasteiger partial charge in [-0.2, -0.15) is 13.2 Å². The zero-order valence-electron chi connectivity index (χ0n) is 16.6. The van der Waals surface area contributed by atoms with Gasteiger partial charge in [-0.25, -0.2) is 4.79 Å². The summed E-state index contributed by atoms with van der Waals surface area (Å²) in [6.07, 6.45) is -4.20. The van der Waals surface area contributed by atoms with Gasteiger partial charge in [-0.3, -0.25) is 18.9 Å². The Morgan fingerprint density at radius 3 is 2.63 bits per heavy atom. The number of ether oxygens (including phenoxy) is 1. The fourth-order valence-corrected chi connectivity index (χ4v) is 5.09. The monoisotopic (exact) mass is 445 g/mol. The second kappa shape index (κ2) is 7.73. The number of thiophene rings is 1. The van der Waals surface area contributed by atoms with Crippen molar-refractivity contribution in [2.45, 2.75) is 45.3 Å². The molecule has 12 heteroatoms. The van der Waals surface area contributed by atoms with Crippen LogP contribution in [0, 0.1) is 6.92 Å². The van der Waals surface area contributed by atoms with E-state index < -0.39 is 24.0 Å². The van der Waals surface area contributed by atoms with Crippen LogP contribution in [0.2, 0.25) is 0 Å².